The first-order chi connectivity index (χ1) is 7.65. The molecule has 1 unspecified atom stereocenters. The van der Waals surface area contributed by atoms with Crippen molar-refractivity contribution >= 4 is 0 Å². The molecule has 2 N–H and O–H groups in total. The van der Waals surface area contributed by atoms with Gasteiger partial charge in [0.1, 0.15) is 0 Å². The first-order valence-corrected chi connectivity index (χ1v) is 7.00. The van der Waals surface area contributed by atoms with Crippen molar-refractivity contribution in [3.05, 3.63) is 0 Å². The van der Waals surface area contributed by atoms with Crippen molar-refractivity contribution in [2.24, 2.45) is 11.3 Å². The molecule has 1 aliphatic carbocycles. The van der Waals surface area contributed by atoms with Gasteiger partial charge in [0.15, 0.2) is 0 Å². The van der Waals surface area contributed by atoms with Crippen LogP contribution < -0.4 is 5.32 Å². The van der Waals surface area contributed by atoms with Crippen LogP contribution in [0.2, 0.25) is 0 Å². The molecule has 0 bridgehead atoms. The van der Waals surface area contributed by atoms with E-state index in [4.69, 9.17) is 5.11 Å². The van der Waals surface area contributed by atoms with Gasteiger partial charge in [0, 0.05) is 19.2 Å². The Bertz CT molecular complexity index is 185. The van der Waals surface area contributed by atoms with Crippen LogP contribution in [0.3, 0.4) is 0 Å². The molecule has 1 aliphatic rings. The van der Waals surface area contributed by atoms with Gasteiger partial charge in [-0.05, 0) is 43.9 Å². The van der Waals surface area contributed by atoms with E-state index in [0.717, 1.165) is 31.7 Å². The number of aliphatic hydroxyl groups is 1. The zero-order valence-corrected chi connectivity index (χ0v) is 11.3. The fourth-order valence-corrected chi connectivity index (χ4v) is 2.51. The number of aliphatic hydroxyl groups excluding tert-OH is 1. The fraction of sp³-hybridized carbons (Fsp3) is 1.00. The van der Waals surface area contributed by atoms with Crippen molar-refractivity contribution in [1.29, 1.82) is 0 Å². The molecule has 0 aliphatic heterocycles. The Labute approximate surface area is 101 Å². The molecule has 1 rings (SSSR count). The minimum atomic E-state index is 0.312. The lowest BCUT2D eigenvalue weighted by atomic mass is 9.79. The molecule has 0 radical (unpaired) electrons. The van der Waals surface area contributed by atoms with Crippen LogP contribution in [0, 0.1) is 11.3 Å². The lowest BCUT2D eigenvalue weighted by molar-refractivity contribution is 0.159. The van der Waals surface area contributed by atoms with Gasteiger partial charge in [-0.2, -0.15) is 0 Å². The molecule has 1 saturated carbocycles. The predicted octanol–water partition coefficient (Wildman–Crippen LogP) is 2.95. The summed E-state index contributed by atoms with van der Waals surface area (Å²) in [5.74, 6) is 0.998. The van der Waals surface area contributed by atoms with Gasteiger partial charge in [-0.15, -0.1) is 0 Å². The molecule has 1 fully saturated rings. The van der Waals surface area contributed by atoms with Gasteiger partial charge in [-0.1, -0.05) is 26.7 Å². The Balaban J connectivity index is 2.29. The van der Waals surface area contributed by atoms with Crippen molar-refractivity contribution in [3.63, 3.8) is 0 Å². The molecule has 0 aromatic rings. The Morgan fingerprint density at radius 3 is 2.38 bits per heavy atom. The van der Waals surface area contributed by atoms with Gasteiger partial charge in [-0.25, -0.2) is 0 Å². The molecule has 2 nitrogen and oxygen atoms in total. The van der Waals surface area contributed by atoms with Crippen molar-refractivity contribution in [2.75, 3.05) is 13.2 Å². The molecule has 1 atom stereocenters. The Hall–Kier alpha value is -0.0800. The largest absolute Gasteiger partial charge is 0.396 e. The molecule has 0 saturated heterocycles. The summed E-state index contributed by atoms with van der Waals surface area (Å²) >= 11 is 0. The second kappa shape index (κ2) is 6.61. The number of nitrogens with one attached hydrogen (secondary N) is 1. The maximum atomic E-state index is 9.16. The highest BCUT2D eigenvalue weighted by atomic mass is 16.3. The lowest BCUT2D eigenvalue weighted by Gasteiger charge is -2.33. The van der Waals surface area contributed by atoms with Gasteiger partial charge >= 0.3 is 0 Å². The lowest BCUT2D eigenvalue weighted by Crippen LogP contribution is -2.39. The van der Waals surface area contributed by atoms with Gasteiger partial charge in [-0.3, -0.25) is 0 Å². The van der Waals surface area contributed by atoms with Crippen LogP contribution in [0.1, 0.15) is 59.3 Å². The molecule has 0 amide bonds. The first kappa shape index (κ1) is 14.0. The van der Waals surface area contributed by atoms with Crippen LogP contribution in [-0.4, -0.2) is 24.3 Å². The normalized spacial score (nSPS) is 18.8. The molecule has 0 aromatic heterocycles. The van der Waals surface area contributed by atoms with Crippen molar-refractivity contribution in [2.45, 2.75) is 65.3 Å². The third kappa shape index (κ3) is 4.42. The van der Waals surface area contributed by atoms with E-state index in [2.05, 4.69) is 26.1 Å². The second-order valence-corrected chi connectivity index (χ2v) is 5.64. The number of hydrogen-bond donors (Lipinski definition) is 2. The van der Waals surface area contributed by atoms with Gasteiger partial charge in [0.05, 0.1) is 0 Å². The smallest absolute Gasteiger partial charge is 0.0436 e. The molecular formula is C14H29NO. The topological polar surface area (TPSA) is 32.3 Å². The highest BCUT2D eigenvalue weighted by Gasteiger charge is 2.27. The molecular weight excluding hydrogens is 198 g/mol. The second-order valence-electron chi connectivity index (χ2n) is 5.64. The van der Waals surface area contributed by atoms with E-state index >= 15 is 0 Å². The summed E-state index contributed by atoms with van der Waals surface area (Å²) in [5, 5.41) is 12.8. The van der Waals surface area contributed by atoms with Crippen LogP contribution in [0.5, 0.6) is 0 Å². The summed E-state index contributed by atoms with van der Waals surface area (Å²) < 4.78 is 0. The van der Waals surface area contributed by atoms with Gasteiger partial charge in [0.25, 0.3) is 0 Å². The Morgan fingerprint density at radius 1 is 1.31 bits per heavy atom. The van der Waals surface area contributed by atoms with E-state index in [1.54, 1.807) is 0 Å². The minimum absolute atomic E-state index is 0.312. The van der Waals surface area contributed by atoms with E-state index in [0.29, 0.717) is 18.1 Å². The molecule has 0 aromatic carbocycles. The van der Waals surface area contributed by atoms with Crippen LogP contribution in [0.15, 0.2) is 0 Å². The number of rotatable bonds is 9. The first-order valence-electron chi connectivity index (χ1n) is 7.00. The molecule has 16 heavy (non-hydrogen) atoms. The van der Waals surface area contributed by atoms with Crippen molar-refractivity contribution in [1.82, 2.24) is 5.32 Å². The van der Waals surface area contributed by atoms with Gasteiger partial charge < -0.3 is 10.4 Å². The summed E-state index contributed by atoms with van der Waals surface area (Å²) in [4.78, 5) is 0. The third-order valence-electron chi connectivity index (χ3n) is 4.35. The van der Waals surface area contributed by atoms with Crippen molar-refractivity contribution < 1.29 is 5.11 Å². The van der Waals surface area contributed by atoms with E-state index in [9.17, 15) is 0 Å². The Morgan fingerprint density at radius 2 is 1.94 bits per heavy atom. The summed E-state index contributed by atoms with van der Waals surface area (Å²) in [6.07, 6.45) is 7.47. The average Bonchev–Trinajstić information content (AvgIpc) is 3.08. The maximum absolute atomic E-state index is 9.16. The zero-order chi connectivity index (χ0) is 12.0. The summed E-state index contributed by atoms with van der Waals surface area (Å²) in [6, 6.07) is 0.642. The van der Waals surface area contributed by atoms with E-state index in [-0.39, 0.29) is 0 Å². The SMILES string of the molecule is CCC(CC)(CCO)CNC(C)CC1CC1. The minimum Gasteiger partial charge on any atom is -0.396 e. The zero-order valence-electron chi connectivity index (χ0n) is 11.3. The molecule has 0 heterocycles. The Kier molecular flexibility index (Phi) is 5.77. The molecule has 0 spiro atoms. The monoisotopic (exact) mass is 227 g/mol. The van der Waals surface area contributed by atoms with Crippen LogP contribution >= 0.6 is 0 Å². The number of hydrogen-bond acceptors (Lipinski definition) is 2. The fourth-order valence-electron chi connectivity index (χ4n) is 2.51. The summed E-state index contributed by atoms with van der Waals surface area (Å²) in [5.41, 5.74) is 0.312. The predicted molar refractivity (Wildman–Crippen MR) is 69.5 cm³/mol. The van der Waals surface area contributed by atoms with E-state index in [1.165, 1.54) is 19.3 Å². The summed E-state index contributed by atoms with van der Waals surface area (Å²) in [6.45, 7) is 8.17. The quantitative estimate of drug-likeness (QED) is 0.635. The standard InChI is InChI=1S/C14H29NO/c1-4-14(5-2,8-9-16)11-15-12(3)10-13-6-7-13/h12-13,15-16H,4-11H2,1-3H3. The van der Waals surface area contributed by atoms with Crippen LogP contribution in [0.25, 0.3) is 0 Å². The van der Waals surface area contributed by atoms with Crippen molar-refractivity contribution in [3.8, 4) is 0 Å². The molecule has 2 heteroatoms. The average molecular weight is 227 g/mol. The maximum Gasteiger partial charge on any atom is 0.0436 e. The highest BCUT2D eigenvalue weighted by Crippen LogP contribution is 2.34. The van der Waals surface area contributed by atoms with Gasteiger partial charge in [0.2, 0.25) is 0 Å². The highest BCUT2D eigenvalue weighted by molar-refractivity contribution is 4.83. The van der Waals surface area contributed by atoms with Crippen LogP contribution in [0.4, 0.5) is 0 Å². The van der Waals surface area contributed by atoms with E-state index in [1.807, 2.05) is 0 Å². The van der Waals surface area contributed by atoms with Crippen LogP contribution in [-0.2, 0) is 0 Å². The summed E-state index contributed by atoms with van der Waals surface area (Å²) in [7, 11) is 0. The third-order valence-corrected chi connectivity index (χ3v) is 4.35. The van der Waals surface area contributed by atoms with E-state index < -0.39 is 0 Å². The molecule has 96 valence electrons.